The zero-order valence-electron chi connectivity index (χ0n) is 15.3. The molecule has 1 aromatic carbocycles. The highest BCUT2D eigenvalue weighted by Gasteiger charge is 2.48. The van der Waals surface area contributed by atoms with Gasteiger partial charge in [-0.15, -0.1) is 0 Å². The van der Waals surface area contributed by atoms with E-state index < -0.39 is 17.8 Å². The first-order valence-electron chi connectivity index (χ1n) is 8.86. The van der Waals surface area contributed by atoms with E-state index in [2.05, 4.69) is 17.2 Å². The van der Waals surface area contributed by atoms with Crippen LogP contribution in [0.3, 0.4) is 0 Å². The van der Waals surface area contributed by atoms with Crippen molar-refractivity contribution >= 4 is 17.6 Å². The SMILES string of the molecule is CCCc1ccc(Oc2ccc(NC(=O)C3CC3C(=O)O)cn2)c(OC)c1. The molecule has 2 aromatic rings. The van der Waals surface area contributed by atoms with E-state index in [0.29, 0.717) is 29.5 Å². The predicted octanol–water partition coefficient (Wildman–Crippen LogP) is 3.49. The smallest absolute Gasteiger partial charge is 0.307 e. The maximum Gasteiger partial charge on any atom is 0.307 e. The first kappa shape index (κ1) is 18.7. The molecule has 2 N–H and O–H groups in total. The number of hydrogen-bond donors (Lipinski definition) is 2. The Bertz CT molecular complexity index is 835. The summed E-state index contributed by atoms with van der Waals surface area (Å²) in [7, 11) is 1.59. The number of anilines is 1. The monoisotopic (exact) mass is 370 g/mol. The van der Waals surface area contributed by atoms with Gasteiger partial charge in [-0.3, -0.25) is 9.59 Å². The molecule has 0 bridgehead atoms. The number of methoxy groups -OCH3 is 1. The lowest BCUT2D eigenvalue weighted by Gasteiger charge is -2.11. The third-order valence-electron chi connectivity index (χ3n) is 4.43. The topological polar surface area (TPSA) is 97.8 Å². The van der Waals surface area contributed by atoms with Crippen LogP contribution in [0.1, 0.15) is 25.3 Å². The Hall–Kier alpha value is -3.09. The van der Waals surface area contributed by atoms with Crippen LogP contribution in [0.2, 0.25) is 0 Å². The van der Waals surface area contributed by atoms with Crippen molar-refractivity contribution in [1.29, 1.82) is 0 Å². The molecule has 1 saturated carbocycles. The molecule has 0 radical (unpaired) electrons. The number of nitrogens with zero attached hydrogens (tertiary/aromatic N) is 1. The molecule has 1 heterocycles. The minimum absolute atomic E-state index is 0.300. The van der Waals surface area contributed by atoms with Crippen molar-refractivity contribution in [2.24, 2.45) is 11.8 Å². The zero-order chi connectivity index (χ0) is 19.4. The highest BCUT2D eigenvalue weighted by molar-refractivity contribution is 5.98. The summed E-state index contributed by atoms with van der Waals surface area (Å²) in [5.74, 6) is -0.725. The van der Waals surface area contributed by atoms with Crippen molar-refractivity contribution in [3.63, 3.8) is 0 Å². The number of aliphatic carboxylic acids is 1. The number of carboxylic acid groups (broad SMARTS) is 1. The molecule has 1 aliphatic rings. The number of carboxylic acids is 1. The lowest BCUT2D eigenvalue weighted by atomic mass is 10.1. The van der Waals surface area contributed by atoms with E-state index in [1.165, 1.54) is 11.8 Å². The van der Waals surface area contributed by atoms with Crippen molar-refractivity contribution in [2.75, 3.05) is 12.4 Å². The Labute approximate surface area is 157 Å². The molecule has 3 rings (SSSR count). The predicted molar refractivity (Wildman–Crippen MR) is 99.2 cm³/mol. The molecular formula is C20H22N2O5. The molecule has 1 amide bonds. The number of hydrogen-bond acceptors (Lipinski definition) is 5. The Kier molecular flexibility index (Phi) is 5.59. The fourth-order valence-electron chi connectivity index (χ4n) is 2.86. The van der Waals surface area contributed by atoms with Gasteiger partial charge >= 0.3 is 5.97 Å². The van der Waals surface area contributed by atoms with E-state index in [1.807, 2.05) is 18.2 Å². The molecule has 1 aliphatic carbocycles. The zero-order valence-corrected chi connectivity index (χ0v) is 15.3. The van der Waals surface area contributed by atoms with Crippen LogP contribution in [0, 0.1) is 11.8 Å². The Morgan fingerprint density at radius 2 is 2.04 bits per heavy atom. The summed E-state index contributed by atoms with van der Waals surface area (Å²) in [5, 5.41) is 11.6. The molecule has 142 valence electrons. The molecule has 0 aliphatic heterocycles. The molecule has 0 saturated heterocycles. The average molecular weight is 370 g/mol. The van der Waals surface area contributed by atoms with Gasteiger partial charge in [0, 0.05) is 6.07 Å². The number of carbonyl (C=O) groups is 2. The van der Waals surface area contributed by atoms with Crippen LogP contribution in [-0.4, -0.2) is 29.1 Å². The molecule has 1 aromatic heterocycles. The second kappa shape index (κ2) is 8.07. The van der Waals surface area contributed by atoms with Gasteiger partial charge in [0.1, 0.15) is 0 Å². The number of benzene rings is 1. The van der Waals surface area contributed by atoms with Gasteiger partial charge in [0.25, 0.3) is 0 Å². The van der Waals surface area contributed by atoms with Crippen molar-refractivity contribution in [2.45, 2.75) is 26.2 Å². The number of ether oxygens (including phenoxy) is 2. The van der Waals surface area contributed by atoms with Crippen molar-refractivity contribution in [3.8, 4) is 17.4 Å². The normalized spacial score (nSPS) is 17.9. The van der Waals surface area contributed by atoms with Crippen molar-refractivity contribution in [3.05, 3.63) is 42.1 Å². The summed E-state index contributed by atoms with van der Waals surface area (Å²) in [6.45, 7) is 2.12. The maximum atomic E-state index is 12.0. The Morgan fingerprint density at radius 1 is 1.22 bits per heavy atom. The summed E-state index contributed by atoms with van der Waals surface area (Å²) < 4.78 is 11.2. The first-order valence-corrected chi connectivity index (χ1v) is 8.86. The third kappa shape index (κ3) is 4.55. The summed E-state index contributed by atoms with van der Waals surface area (Å²) in [5.41, 5.74) is 1.67. The Balaban J connectivity index is 1.62. The summed E-state index contributed by atoms with van der Waals surface area (Å²) >= 11 is 0. The van der Waals surface area contributed by atoms with Crippen LogP contribution < -0.4 is 14.8 Å². The maximum absolute atomic E-state index is 12.0. The molecule has 0 spiro atoms. The summed E-state index contributed by atoms with van der Waals surface area (Å²) in [4.78, 5) is 27.0. The fourth-order valence-corrected chi connectivity index (χ4v) is 2.86. The number of pyridine rings is 1. The summed E-state index contributed by atoms with van der Waals surface area (Å²) in [6, 6.07) is 9.08. The van der Waals surface area contributed by atoms with Gasteiger partial charge < -0.3 is 19.9 Å². The third-order valence-corrected chi connectivity index (χ3v) is 4.43. The molecule has 2 atom stereocenters. The van der Waals surface area contributed by atoms with Crippen molar-refractivity contribution < 1.29 is 24.2 Å². The van der Waals surface area contributed by atoms with E-state index in [-0.39, 0.29) is 5.91 Å². The van der Waals surface area contributed by atoms with Gasteiger partial charge in [-0.05, 0) is 36.6 Å². The molecule has 7 heteroatoms. The summed E-state index contributed by atoms with van der Waals surface area (Å²) in [6.07, 6.45) is 3.87. The first-order chi connectivity index (χ1) is 13.0. The van der Waals surface area contributed by atoms with Gasteiger partial charge in [0.05, 0.1) is 30.8 Å². The van der Waals surface area contributed by atoms with E-state index in [9.17, 15) is 9.59 Å². The second-order valence-electron chi connectivity index (χ2n) is 6.50. The minimum atomic E-state index is -0.934. The molecule has 7 nitrogen and oxygen atoms in total. The van der Waals surface area contributed by atoms with Gasteiger partial charge in [-0.2, -0.15) is 0 Å². The van der Waals surface area contributed by atoms with Crippen LogP contribution in [0.5, 0.6) is 17.4 Å². The highest BCUT2D eigenvalue weighted by atomic mass is 16.5. The number of carbonyl (C=O) groups excluding carboxylic acids is 1. The quantitative estimate of drug-likeness (QED) is 0.738. The van der Waals surface area contributed by atoms with Gasteiger partial charge in [-0.1, -0.05) is 19.4 Å². The fraction of sp³-hybridized carbons (Fsp3) is 0.350. The molecule has 1 fully saturated rings. The van der Waals surface area contributed by atoms with E-state index in [4.69, 9.17) is 14.6 Å². The number of nitrogens with one attached hydrogen (secondary N) is 1. The van der Waals surface area contributed by atoms with Gasteiger partial charge in [-0.25, -0.2) is 4.98 Å². The van der Waals surface area contributed by atoms with Crippen molar-refractivity contribution in [1.82, 2.24) is 4.98 Å². The number of aryl methyl sites for hydroxylation is 1. The number of aromatic nitrogens is 1. The van der Waals surface area contributed by atoms with Crippen LogP contribution >= 0.6 is 0 Å². The van der Waals surface area contributed by atoms with Crippen LogP contribution in [0.15, 0.2) is 36.5 Å². The van der Waals surface area contributed by atoms with E-state index in [1.54, 1.807) is 19.2 Å². The Morgan fingerprint density at radius 3 is 2.63 bits per heavy atom. The number of rotatable bonds is 8. The molecule has 2 unspecified atom stereocenters. The lowest BCUT2D eigenvalue weighted by Crippen LogP contribution is -2.16. The largest absolute Gasteiger partial charge is 0.493 e. The minimum Gasteiger partial charge on any atom is -0.493 e. The lowest BCUT2D eigenvalue weighted by molar-refractivity contribution is -0.139. The highest BCUT2D eigenvalue weighted by Crippen LogP contribution is 2.39. The average Bonchev–Trinajstić information content (AvgIpc) is 3.46. The standard InChI is InChI=1S/C20H22N2O5/c1-3-4-12-5-7-16(17(9-12)26-2)27-18-8-6-13(11-21-18)22-19(23)14-10-15(14)20(24)25/h5-9,11,14-15H,3-4,10H2,1-2H3,(H,22,23)(H,24,25). The number of amides is 1. The van der Waals surface area contributed by atoms with Gasteiger partial charge in [0.2, 0.25) is 11.8 Å². The van der Waals surface area contributed by atoms with Crippen LogP contribution in [0.4, 0.5) is 5.69 Å². The second-order valence-corrected chi connectivity index (χ2v) is 6.50. The van der Waals surface area contributed by atoms with E-state index in [0.717, 1.165) is 12.8 Å². The van der Waals surface area contributed by atoms with E-state index >= 15 is 0 Å². The molecule has 27 heavy (non-hydrogen) atoms. The molecular weight excluding hydrogens is 348 g/mol. The van der Waals surface area contributed by atoms with Crippen LogP contribution in [0.25, 0.3) is 0 Å². The van der Waals surface area contributed by atoms with Gasteiger partial charge in [0.15, 0.2) is 11.5 Å². The van der Waals surface area contributed by atoms with Crippen LogP contribution in [-0.2, 0) is 16.0 Å².